The number of fused-ring (bicyclic) bond motifs is 1. The molecular weight excluding hydrogens is 507 g/mol. The van der Waals surface area contributed by atoms with Gasteiger partial charge in [0.05, 0.1) is 19.8 Å². The SMILES string of the molecule is CCNC(=NCc1cccc(CN2CCOCC2)c1)NCc1ccc2c(c1)OCO2.I. The van der Waals surface area contributed by atoms with E-state index in [0.717, 1.165) is 62.4 Å². The quantitative estimate of drug-likeness (QED) is 0.321. The van der Waals surface area contributed by atoms with E-state index < -0.39 is 0 Å². The molecule has 0 amide bonds. The number of halogens is 1. The van der Waals surface area contributed by atoms with E-state index in [1.807, 2.05) is 18.2 Å². The summed E-state index contributed by atoms with van der Waals surface area (Å²) in [6.07, 6.45) is 0. The maximum absolute atomic E-state index is 5.46. The zero-order chi connectivity index (χ0) is 20.6. The molecule has 0 aromatic heterocycles. The maximum Gasteiger partial charge on any atom is 0.231 e. The predicted molar refractivity (Wildman–Crippen MR) is 132 cm³/mol. The Morgan fingerprint density at radius 3 is 2.61 bits per heavy atom. The molecule has 31 heavy (non-hydrogen) atoms. The molecule has 1 saturated heterocycles. The second-order valence-electron chi connectivity index (χ2n) is 7.44. The van der Waals surface area contributed by atoms with Crippen molar-refractivity contribution in [3.63, 3.8) is 0 Å². The number of morpholine rings is 1. The summed E-state index contributed by atoms with van der Waals surface area (Å²) in [6, 6.07) is 14.7. The van der Waals surface area contributed by atoms with E-state index in [1.165, 1.54) is 11.1 Å². The van der Waals surface area contributed by atoms with Crippen LogP contribution >= 0.6 is 24.0 Å². The number of nitrogens with one attached hydrogen (secondary N) is 2. The Hall–Kier alpha value is -2.04. The minimum absolute atomic E-state index is 0. The Labute approximate surface area is 201 Å². The predicted octanol–water partition coefficient (Wildman–Crippen LogP) is 3.12. The normalized spacial score (nSPS) is 16.0. The van der Waals surface area contributed by atoms with E-state index in [2.05, 4.69) is 46.7 Å². The van der Waals surface area contributed by atoms with Gasteiger partial charge >= 0.3 is 0 Å². The van der Waals surface area contributed by atoms with Crippen LogP contribution in [0.4, 0.5) is 0 Å². The largest absolute Gasteiger partial charge is 0.454 e. The third-order valence-corrected chi connectivity index (χ3v) is 5.16. The van der Waals surface area contributed by atoms with Crippen molar-refractivity contribution in [1.82, 2.24) is 15.5 Å². The second kappa shape index (κ2) is 12.1. The van der Waals surface area contributed by atoms with Crippen LogP contribution in [0.1, 0.15) is 23.6 Å². The van der Waals surface area contributed by atoms with Crippen LogP contribution in [-0.4, -0.2) is 50.5 Å². The highest BCUT2D eigenvalue weighted by Crippen LogP contribution is 2.32. The number of guanidine groups is 1. The fourth-order valence-corrected chi connectivity index (χ4v) is 3.59. The molecule has 0 bridgehead atoms. The lowest BCUT2D eigenvalue weighted by Gasteiger charge is -2.26. The highest BCUT2D eigenvalue weighted by atomic mass is 127. The van der Waals surface area contributed by atoms with Gasteiger partial charge in [0.1, 0.15) is 0 Å². The molecule has 168 valence electrons. The van der Waals surface area contributed by atoms with Gasteiger partial charge in [0, 0.05) is 32.7 Å². The van der Waals surface area contributed by atoms with Crippen molar-refractivity contribution in [2.24, 2.45) is 4.99 Å². The first-order chi connectivity index (χ1) is 14.8. The fraction of sp³-hybridized carbons (Fsp3) is 0.435. The summed E-state index contributed by atoms with van der Waals surface area (Å²) in [5, 5.41) is 6.72. The molecular formula is C23H31IN4O3. The van der Waals surface area contributed by atoms with Crippen molar-refractivity contribution in [3.05, 3.63) is 59.2 Å². The first kappa shape index (κ1) is 23.6. The van der Waals surface area contributed by atoms with Crippen molar-refractivity contribution >= 4 is 29.9 Å². The summed E-state index contributed by atoms with van der Waals surface area (Å²) >= 11 is 0. The van der Waals surface area contributed by atoms with Gasteiger partial charge < -0.3 is 24.8 Å². The van der Waals surface area contributed by atoms with Crippen LogP contribution in [0.25, 0.3) is 0 Å². The van der Waals surface area contributed by atoms with Gasteiger partial charge in [-0.05, 0) is 35.7 Å². The summed E-state index contributed by atoms with van der Waals surface area (Å²) < 4.78 is 16.3. The first-order valence-electron chi connectivity index (χ1n) is 10.6. The topological polar surface area (TPSA) is 67.4 Å². The molecule has 4 rings (SSSR count). The van der Waals surface area contributed by atoms with Crippen LogP contribution in [0.5, 0.6) is 11.5 Å². The lowest BCUT2D eigenvalue weighted by Crippen LogP contribution is -2.36. The minimum atomic E-state index is 0. The summed E-state index contributed by atoms with van der Waals surface area (Å²) in [5.74, 6) is 2.40. The Morgan fingerprint density at radius 2 is 1.77 bits per heavy atom. The van der Waals surface area contributed by atoms with Crippen LogP contribution in [0.2, 0.25) is 0 Å². The van der Waals surface area contributed by atoms with Crippen molar-refractivity contribution < 1.29 is 14.2 Å². The Morgan fingerprint density at radius 1 is 0.968 bits per heavy atom. The Balaban J connectivity index is 0.00000272. The molecule has 2 aliphatic rings. The summed E-state index contributed by atoms with van der Waals surface area (Å²) in [5.41, 5.74) is 3.65. The number of rotatable bonds is 7. The van der Waals surface area contributed by atoms with E-state index in [4.69, 9.17) is 19.2 Å². The number of nitrogens with zero attached hydrogens (tertiary/aromatic N) is 2. The minimum Gasteiger partial charge on any atom is -0.454 e. The molecule has 7 nitrogen and oxygen atoms in total. The van der Waals surface area contributed by atoms with Gasteiger partial charge in [-0.25, -0.2) is 4.99 Å². The monoisotopic (exact) mass is 538 g/mol. The zero-order valence-corrected chi connectivity index (χ0v) is 20.3. The van der Waals surface area contributed by atoms with E-state index in [1.54, 1.807) is 0 Å². The standard InChI is InChI=1S/C23H30N4O3.HI/c1-2-24-23(26-15-19-6-7-21-22(13-19)30-17-29-21)25-14-18-4-3-5-20(12-18)16-27-8-10-28-11-9-27;/h3-7,12-13H,2,8-11,14-17H2,1H3,(H2,24,25,26);1H. The second-order valence-corrected chi connectivity index (χ2v) is 7.44. The summed E-state index contributed by atoms with van der Waals surface area (Å²) in [6.45, 7) is 9.07. The van der Waals surface area contributed by atoms with E-state index in [0.29, 0.717) is 19.9 Å². The van der Waals surface area contributed by atoms with Crippen molar-refractivity contribution in [2.75, 3.05) is 39.6 Å². The van der Waals surface area contributed by atoms with Gasteiger partial charge in [-0.2, -0.15) is 0 Å². The van der Waals surface area contributed by atoms with Gasteiger partial charge in [0.25, 0.3) is 0 Å². The molecule has 2 aliphatic heterocycles. The Kier molecular flexibility index (Phi) is 9.23. The van der Waals surface area contributed by atoms with Gasteiger partial charge in [-0.15, -0.1) is 24.0 Å². The highest BCUT2D eigenvalue weighted by molar-refractivity contribution is 14.0. The molecule has 0 unspecified atom stereocenters. The van der Waals surface area contributed by atoms with Crippen LogP contribution in [0.3, 0.4) is 0 Å². The molecule has 0 saturated carbocycles. The van der Waals surface area contributed by atoms with E-state index >= 15 is 0 Å². The average Bonchev–Trinajstić information content (AvgIpc) is 3.25. The molecule has 1 fully saturated rings. The molecule has 2 aromatic rings. The van der Waals surface area contributed by atoms with E-state index in [9.17, 15) is 0 Å². The molecule has 2 aromatic carbocycles. The molecule has 0 radical (unpaired) electrons. The van der Waals surface area contributed by atoms with Gasteiger partial charge in [-0.3, -0.25) is 4.90 Å². The third-order valence-electron chi connectivity index (χ3n) is 5.16. The lowest BCUT2D eigenvalue weighted by molar-refractivity contribution is 0.0342. The first-order valence-corrected chi connectivity index (χ1v) is 10.6. The van der Waals surface area contributed by atoms with Crippen LogP contribution < -0.4 is 20.1 Å². The Bertz CT molecular complexity index is 872. The van der Waals surface area contributed by atoms with Crippen LogP contribution in [0, 0.1) is 0 Å². The number of benzene rings is 2. The van der Waals surface area contributed by atoms with Gasteiger partial charge in [0.15, 0.2) is 17.5 Å². The van der Waals surface area contributed by atoms with Gasteiger partial charge in [-0.1, -0.05) is 30.3 Å². The van der Waals surface area contributed by atoms with Crippen molar-refractivity contribution in [2.45, 2.75) is 26.6 Å². The molecule has 0 aliphatic carbocycles. The molecule has 8 heteroatoms. The van der Waals surface area contributed by atoms with E-state index in [-0.39, 0.29) is 24.0 Å². The summed E-state index contributed by atoms with van der Waals surface area (Å²) in [4.78, 5) is 7.20. The highest BCUT2D eigenvalue weighted by Gasteiger charge is 2.13. The molecule has 2 N–H and O–H groups in total. The number of hydrogen-bond donors (Lipinski definition) is 2. The zero-order valence-electron chi connectivity index (χ0n) is 17.9. The smallest absolute Gasteiger partial charge is 0.231 e. The fourth-order valence-electron chi connectivity index (χ4n) is 3.59. The van der Waals surface area contributed by atoms with Crippen molar-refractivity contribution in [1.29, 1.82) is 0 Å². The molecule has 0 atom stereocenters. The molecule has 0 spiro atoms. The number of ether oxygens (including phenoxy) is 3. The number of hydrogen-bond acceptors (Lipinski definition) is 5. The molecule has 2 heterocycles. The van der Waals surface area contributed by atoms with Crippen molar-refractivity contribution in [3.8, 4) is 11.5 Å². The average molecular weight is 538 g/mol. The lowest BCUT2D eigenvalue weighted by atomic mass is 10.1. The van der Waals surface area contributed by atoms with Crippen LogP contribution in [-0.2, 0) is 24.4 Å². The van der Waals surface area contributed by atoms with Crippen LogP contribution in [0.15, 0.2) is 47.5 Å². The number of aliphatic imine (C=N–C) groups is 1. The maximum atomic E-state index is 5.46. The summed E-state index contributed by atoms with van der Waals surface area (Å²) in [7, 11) is 0. The third kappa shape index (κ3) is 6.98. The van der Waals surface area contributed by atoms with Gasteiger partial charge in [0.2, 0.25) is 6.79 Å².